The van der Waals surface area contributed by atoms with Gasteiger partial charge in [-0.2, -0.15) is 5.10 Å². The molecule has 0 bridgehead atoms. The molecule has 1 saturated heterocycles. The summed E-state index contributed by atoms with van der Waals surface area (Å²) in [5.41, 5.74) is 7.81. The quantitative estimate of drug-likeness (QED) is 0.246. The third-order valence-electron chi connectivity index (χ3n) is 7.43. The van der Waals surface area contributed by atoms with E-state index in [1.54, 1.807) is 6.20 Å². The fourth-order valence-electron chi connectivity index (χ4n) is 5.27. The van der Waals surface area contributed by atoms with Crippen LogP contribution in [-0.4, -0.2) is 49.6 Å². The highest BCUT2D eigenvalue weighted by Gasteiger charge is 2.29. The van der Waals surface area contributed by atoms with Crippen molar-refractivity contribution < 1.29 is 5.11 Å². The molecule has 5 aromatic rings. The molecular formula is C28H29N7O. The average molecular weight is 480 g/mol. The largest absolute Gasteiger partial charge is 0.374 e. The van der Waals surface area contributed by atoms with Gasteiger partial charge in [0.2, 0.25) is 0 Å². The molecule has 2 aromatic carbocycles. The number of benzene rings is 2. The fourth-order valence-corrected chi connectivity index (χ4v) is 5.27. The highest BCUT2D eigenvalue weighted by molar-refractivity contribution is 5.97. The van der Waals surface area contributed by atoms with E-state index in [4.69, 9.17) is 4.98 Å². The topological polar surface area (TPSA) is 106 Å². The first-order valence-corrected chi connectivity index (χ1v) is 12.9. The molecule has 7 rings (SSSR count). The van der Waals surface area contributed by atoms with Crippen LogP contribution in [0.4, 0.5) is 11.4 Å². The molecule has 1 unspecified atom stereocenters. The molecule has 1 aliphatic carbocycles. The molecule has 0 amide bonds. The van der Waals surface area contributed by atoms with E-state index in [0.29, 0.717) is 5.92 Å². The number of rotatable bonds is 6. The van der Waals surface area contributed by atoms with Crippen LogP contribution in [0.2, 0.25) is 0 Å². The Hall–Kier alpha value is -3.91. The molecule has 1 saturated carbocycles. The number of aromatic nitrogens is 5. The molecular weight excluding hydrogens is 450 g/mol. The molecule has 8 heteroatoms. The van der Waals surface area contributed by atoms with Gasteiger partial charge in [-0.15, -0.1) is 0 Å². The zero-order valence-electron chi connectivity index (χ0n) is 20.0. The van der Waals surface area contributed by atoms with E-state index in [-0.39, 0.29) is 0 Å². The van der Waals surface area contributed by atoms with Crippen LogP contribution < -0.4 is 10.2 Å². The number of aliphatic hydroxyl groups excluding tert-OH is 1. The number of aliphatic hydroxyl groups is 1. The van der Waals surface area contributed by atoms with Gasteiger partial charge in [0, 0.05) is 36.2 Å². The monoisotopic (exact) mass is 479 g/mol. The Morgan fingerprint density at radius 1 is 0.972 bits per heavy atom. The van der Waals surface area contributed by atoms with Crippen molar-refractivity contribution in [1.29, 1.82) is 0 Å². The van der Waals surface area contributed by atoms with Gasteiger partial charge in [0.15, 0.2) is 5.82 Å². The number of aromatic amines is 2. The normalized spacial score (nSPS) is 17.1. The highest BCUT2D eigenvalue weighted by Crippen LogP contribution is 2.35. The molecule has 1 atom stereocenters. The number of piperidine rings is 1. The van der Waals surface area contributed by atoms with Crippen molar-refractivity contribution in [3.05, 3.63) is 54.9 Å². The summed E-state index contributed by atoms with van der Waals surface area (Å²) >= 11 is 0. The van der Waals surface area contributed by atoms with Crippen molar-refractivity contribution in [3.63, 3.8) is 0 Å². The van der Waals surface area contributed by atoms with Crippen molar-refractivity contribution >= 4 is 33.3 Å². The Kier molecular flexibility index (Phi) is 5.13. The van der Waals surface area contributed by atoms with Gasteiger partial charge in [0.05, 0.1) is 28.6 Å². The maximum atomic E-state index is 10.3. The van der Waals surface area contributed by atoms with Crippen molar-refractivity contribution in [3.8, 4) is 22.6 Å². The first-order chi connectivity index (χ1) is 17.7. The first kappa shape index (κ1) is 21.4. The Bertz CT molecular complexity index is 1540. The Balaban J connectivity index is 1.25. The number of nitrogens with one attached hydrogen (secondary N) is 3. The third kappa shape index (κ3) is 3.87. The van der Waals surface area contributed by atoms with E-state index in [2.05, 4.69) is 60.7 Å². The van der Waals surface area contributed by atoms with Crippen LogP contribution in [0.15, 0.2) is 54.9 Å². The molecule has 36 heavy (non-hydrogen) atoms. The number of fused-ring (bicyclic) bond motifs is 2. The molecule has 0 radical (unpaired) electrons. The van der Waals surface area contributed by atoms with Crippen LogP contribution in [0.1, 0.15) is 32.1 Å². The Labute approximate surface area is 208 Å². The minimum atomic E-state index is -0.520. The van der Waals surface area contributed by atoms with Crippen LogP contribution in [-0.2, 0) is 0 Å². The number of imidazole rings is 1. The van der Waals surface area contributed by atoms with Gasteiger partial charge in [-0.25, -0.2) is 4.98 Å². The summed E-state index contributed by atoms with van der Waals surface area (Å²) in [6.07, 6.45) is 8.98. The second-order valence-electron chi connectivity index (χ2n) is 10.0. The summed E-state index contributed by atoms with van der Waals surface area (Å²) in [5.74, 6) is 1.11. The van der Waals surface area contributed by atoms with Crippen LogP contribution >= 0.6 is 0 Å². The van der Waals surface area contributed by atoms with Crippen molar-refractivity contribution in [1.82, 2.24) is 25.1 Å². The van der Waals surface area contributed by atoms with Crippen LogP contribution in [0, 0.1) is 5.92 Å². The molecule has 2 fully saturated rings. The highest BCUT2D eigenvalue weighted by atomic mass is 16.3. The average Bonchev–Trinajstić information content (AvgIpc) is 3.55. The first-order valence-electron chi connectivity index (χ1n) is 12.9. The summed E-state index contributed by atoms with van der Waals surface area (Å²) in [4.78, 5) is 15.4. The molecule has 0 spiro atoms. The predicted octanol–water partition coefficient (Wildman–Crippen LogP) is 5.30. The van der Waals surface area contributed by atoms with Gasteiger partial charge >= 0.3 is 0 Å². The number of hydrogen-bond acceptors (Lipinski definition) is 6. The predicted molar refractivity (Wildman–Crippen MR) is 143 cm³/mol. The number of H-pyrrole nitrogens is 2. The SMILES string of the molecule is OC(Nc1cncc(-c2ccc3[nH]nc(-c4nc5c(N6CCCCC6)cccc5[nH]4)c3c2)c1)C1CC1. The van der Waals surface area contributed by atoms with Crippen LogP contribution in [0.5, 0.6) is 0 Å². The summed E-state index contributed by atoms with van der Waals surface area (Å²) in [5, 5.41) is 22.3. The smallest absolute Gasteiger partial charge is 0.159 e. The molecule has 8 nitrogen and oxygen atoms in total. The van der Waals surface area contributed by atoms with Crippen molar-refractivity contribution in [2.24, 2.45) is 5.92 Å². The maximum Gasteiger partial charge on any atom is 0.159 e. The number of nitrogens with zero attached hydrogens (tertiary/aromatic N) is 4. The van der Waals surface area contributed by atoms with Gasteiger partial charge in [0.1, 0.15) is 17.4 Å². The molecule has 4 N–H and O–H groups in total. The molecule has 182 valence electrons. The van der Waals surface area contributed by atoms with E-state index >= 15 is 0 Å². The molecule has 2 aliphatic rings. The molecule has 4 heterocycles. The number of pyridine rings is 1. The van der Waals surface area contributed by atoms with Gasteiger partial charge < -0.3 is 20.3 Å². The third-order valence-corrected chi connectivity index (χ3v) is 7.43. The van der Waals surface area contributed by atoms with Gasteiger partial charge in [-0.05, 0) is 68.0 Å². The lowest BCUT2D eigenvalue weighted by Gasteiger charge is -2.28. The van der Waals surface area contributed by atoms with E-state index in [1.165, 1.54) is 24.9 Å². The molecule has 1 aliphatic heterocycles. The van der Waals surface area contributed by atoms with E-state index in [0.717, 1.165) is 76.2 Å². The minimum Gasteiger partial charge on any atom is -0.374 e. The van der Waals surface area contributed by atoms with Gasteiger partial charge in [-0.1, -0.05) is 12.1 Å². The van der Waals surface area contributed by atoms with Crippen molar-refractivity contribution in [2.75, 3.05) is 23.3 Å². The summed E-state index contributed by atoms with van der Waals surface area (Å²) in [7, 11) is 0. The lowest BCUT2D eigenvalue weighted by atomic mass is 10.0. The van der Waals surface area contributed by atoms with Crippen LogP contribution in [0.25, 0.3) is 44.6 Å². The lowest BCUT2D eigenvalue weighted by Crippen LogP contribution is -2.29. The Morgan fingerprint density at radius 3 is 2.72 bits per heavy atom. The van der Waals surface area contributed by atoms with Crippen LogP contribution in [0.3, 0.4) is 0 Å². The number of anilines is 2. The van der Waals surface area contributed by atoms with E-state index < -0.39 is 6.23 Å². The van der Waals surface area contributed by atoms with Gasteiger partial charge in [-0.3, -0.25) is 10.1 Å². The van der Waals surface area contributed by atoms with E-state index in [9.17, 15) is 5.11 Å². The number of hydrogen-bond donors (Lipinski definition) is 4. The van der Waals surface area contributed by atoms with Crippen molar-refractivity contribution in [2.45, 2.75) is 38.3 Å². The summed E-state index contributed by atoms with van der Waals surface area (Å²) in [6.45, 7) is 2.16. The zero-order chi connectivity index (χ0) is 24.1. The standard InChI is InChI=1S/C28H29N7O/c36-28(17-7-8-17)30-20-13-19(15-29-16-20)18-9-10-22-21(14-18)25(34-33-22)27-31-23-5-4-6-24(26(23)32-27)35-11-2-1-3-12-35/h4-6,9-10,13-17,28,30,36H,1-3,7-8,11-12H2,(H,31,32)(H,33,34). The minimum absolute atomic E-state index is 0.345. The second kappa shape index (κ2) is 8.64. The zero-order valence-corrected chi connectivity index (χ0v) is 20.0. The summed E-state index contributed by atoms with van der Waals surface area (Å²) < 4.78 is 0. The summed E-state index contributed by atoms with van der Waals surface area (Å²) in [6, 6.07) is 14.6. The second-order valence-corrected chi connectivity index (χ2v) is 10.0. The fraction of sp³-hybridized carbons (Fsp3) is 0.321. The Morgan fingerprint density at radius 2 is 1.86 bits per heavy atom. The van der Waals surface area contributed by atoms with Gasteiger partial charge in [0.25, 0.3) is 0 Å². The van der Waals surface area contributed by atoms with E-state index in [1.807, 2.05) is 18.3 Å². The number of para-hydroxylation sites is 1. The molecule has 3 aromatic heterocycles. The lowest BCUT2D eigenvalue weighted by molar-refractivity contribution is 0.180. The maximum absolute atomic E-state index is 10.3.